The number of hydrogen-bond donors (Lipinski definition) is 1. The molecule has 0 bridgehead atoms. The molecule has 0 unspecified atom stereocenters. The lowest BCUT2D eigenvalue weighted by Gasteiger charge is -2.38. The highest BCUT2D eigenvalue weighted by Crippen LogP contribution is 2.42. The molecule has 0 radical (unpaired) electrons. The maximum Gasteiger partial charge on any atom is 0.243 e. The summed E-state index contributed by atoms with van der Waals surface area (Å²) in [6, 6.07) is 21.4. The zero-order chi connectivity index (χ0) is 22.9. The molecule has 4 aromatic rings. The molecule has 0 spiro atoms. The molecular formula is C26H21F2NO3S. The monoisotopic (exact) mass is 465 g/mol. The fraction of sp³-hybridized carbons (Fsp3) is 0.192. The Balaban J connectivity index is 1.39. The van der Waals surface area contributed by atoms with E-state index in [0.717, 1.165) is 15.6 Å². The second-order valence-electron chi connectivity index (χ2n) is 8.17. The van der Waals surface area contributed by atoms with Crippen molar-refractivity contribution in [3.63, 3.8) is 0 Å². The van der Waals surface area contributed by atoms with Crippen LogP contribution in [0.4, 0.5) is 8.78 Å². The lowest BCUT2D eigenvalue weighted by molar-refractivity contribution is -0.0279. The van der Waals surface area contributed by atoms with Gasteiger partial charge in [0.1, 0.15) is 16.4 Å². The first-order chi connectivity index (χ1) is 16.0. The van der Waals surface area contributed by atoms with Gasteiger partial charge in [-0.2, -0.15) is 0 Å². The minimum absolute atomic E-state index is 0.124. The Labute approximate surface area is 193 Å². The number of halogens is 2. The van der Waals surface area contributed by atoms with Gasteiger partial charge in [0.15, 0.2) is 5.75 Å². The summed E-state index contributed by atoms with van der Waals surface area (Å²) < 4.78 is 32.3. The van der Waals surface area contributed by atoms with Crippen molar-refractivity contribution in [3.8, 4) is 17.2 Å². The highest BCUT2D eigenvalue weighted by molar-refractivity contribution is 7.21. The zero-order valence-corrected chi connectivity index (χ0v) is 18.4. The van der Waals surface area contributed by atoms with Crippen LogP contribution in [0, 0.1) is 5.92 Å². The summed E-state index contributed by atoms with van der Waals surface area (Å²) in [6.45, 7) is 1.44. The van der Waals surface area contributed by atoms with E-state index in [9.17, 15) is 18.7 Å². The van der Waals surface area contributed by atoms with Gasteiger partial charge in [-0.3, -0.25) is 9.69 Å². The van der Waals surface area contributed by atoms with E-state index < -0.39 is 12.3 Å². The van der Waals surface area contributed by atoms with Crippen molar-refractivity contribution in [3.05, 3.63) is 88.8 Å². The van der Waals surface area contributed by atoms with Gasteiger partial charge in [-0.25, -0.2) is 8.78 Å². The molecule has 1 fully saturated rings. The van der Waals surface area contributed by atoms with Crippen LogP contribution in [0.1, 0.15) is 20.8 Å². The number of nitrogens with zero attached hydrogens (tertiary/aromatic N) is 1. The molecule has 1 N–H and O–H groups in total. The maximum atomic E-state index is 13.2. The Kier molecular flexibility index (Phi) is 5.83. The second-order valence-corrected chi connectivity index (χ2v) is 9.22. The Morgan fingerprint density at radius 2 is 1.79 bits per heavy atom. The van der Waals surface area contributed by atoms with E-state index in [4.69, 9.17) is 4.74 Å². The first-order valence-electron chi connectivity index (χ1n) is 10.6. The van der Waals surface area contributed by atoms with Crippen LogP contribution in [0.25, 0.3) is 10.1 Å². The fourth-order valence-corrected chi connectivity index (χ4v) is 5.10. The van der Waals surface area contributed by atoms with E-state index in [1.807, 2.05) is 47.4 Å². The smallest absolute Gasteiger partial charge is 0.243 e. The summed E-state index contributed by atoms with van der Waals surface area (Å²) in [5, 5.41) is 10.6. The molecular weight excluding hydrogens is 444 g/mol. The molecule has 0 atom stereocenters. The first kappa shape index (κ1) is 21.6. The Hall–Kier alpha value is -3.29. The van der Waals surface area contributed by atoms with Crippen LogP contribution in [0.2, 0.25) is 0 Å². The van der Waals surface area contributed by atoms with E-state index in [1.54, 1.807) is 30.3 Å². The highest BCUT2D eigenvalue weighted by atomic mass is 32.1. The molecule has 1 aliphatic heterocycles. The third kappa shape index (κ3) is 4.47. The van der Waals surface area contributed by atoms with Crippen molar-refractivity contribution in [1.29, 1.82) is 0 Å². The second kappa shape index (κ2) is 8.92. The van der Waals surface area contributed by atoms with E-state index in [0.29, 0.717) is 41.6 Å². The van der Waals surface area contributed by atoms with Crippen LogP contribution < -0.4 is 4.74 Å². The van der Waals surface area contributed by atoms with Crippen LogP contribution in [0.5, 0.6) is 17.2 Å². The Morgan fingerprint density at radius 3 is 2.48 bits per heavy atom. The van der Waals surface area contributed by atoms with E-state index in [2.05, 4.69) is 0 Å². The molecule has 0 saturated carbocycles. The topological polar surface area (TPSA) is 49.8 Å². The summed E-state index contributed by atoms with van der Waals surface area (Å²) in [5.74, 6) is 0.481. The Morgan fingerprint density at radius 1 is 1.06 bits per heavy atom. The van der Waals surface area contributed by atoms with E-state index in [-0.39, 0.29) is 11.5 Å². The van der Waals surface area contributed by atoms with Crippen molar-refractivity contribution < 1.29 is 23.4 Å². The van der Waals surface area contributed by atoms with Crippen molar-refractivity contribution in [2.75, 3.05) is 13.1 Å². The van der Waals surface area contributed by atoms with Gasteiger partial charge in [-0.15, -0.1) is 11.3 Å². The number of aromatic hydroxyl groups is 1. The highest BCUT2D eigenvalue weighted by Gasteiger charge is 2.33. The summed E-state index contributed by atoms with van der Waals surface area (Å²) >= 11 is 1.28. The number of ether oxygens (including phenoxy) is 1. The van der Waals surface area contributed by atoms with Crippen molar-refractivity contribution >= 4 is 27.2 Å². The number of carbonyl (C=O) groups is 1. The minimum atomic E-state index is -2.26. The lowest BCUT2D eigenvalue weighted by Crippen LogP contribution is -2.49. The van der Waals surface area contributed by atoms with Crippen LogP contribution in [-0.4, -0.2) is 35.3 Å². The number of thiophene rings is 1. The number of rotatable bonds is 7. The van der Waals surface area contributed by atoms with Gasteiger partial charge in [-0.05, 0) is 35.9 Å². The summed E-state index contributed by atoms with van der Waals surface area (Å²) in [6.07, 6.45) is -2.26. The SMILES string of the molecule is O=C(c1ccccc1)c1sc2cc(O)ccc2c1Oc1ccc(CN2CC(C(F)F)C2)cc1. The summed E-state index contributed by atoms with van der Waals surface area (Å²) in [7, 11) is 0. The number of benzene rings is 3. The number of carbonyl (C=O) groups excluding carboxylic acids is 1. The van der Waals surface area contributed by atoms with Gasteiger partial charge in [0, 0.05) is 41.2 Å². The van der Waals surface area contributed by atoms with Gasteiger partial charge in [-0.1, -0.05) is 42.5 Å². The van der Waals surface area contributed by atoms with Gasteiger partial charge in [0.2, 0.25) is 12.2 Å². The molecule has 1 aliphatic rings. The molecule has 2 heterocycles. The number of ketones is 1. The molecule has 7 heteroatoms. The quantitative estimate of drug-likeness (QED) is 0.324. The van der Waals surface area contributed by atoms with Crippen LogP contribution in [0.3, 0.4) is 0 Å². The summed E-state index contributed by atoms with van der Waals surface area (Å²) in [5.41, 5.74) is 1.57. The predicted molar refractivity (Wildman–Crippen MR) is 125 cm³/mol. The van der Waals surface area contributed by atoms with Crippen LogP contribution >= 0.6 is 11.3 Å². The number of phenolic OH excluding ortho intramolecular Hbond substituents is 1. The van der Waals surface area contributed by atoms with Crippen molar-refractivity contribution in [2.24, 2.45) is 5.92 Å². The van der Waals surface area contributed by atoms with E-state index >= 15 is 0 Å². The third-order valence-corrected chi connectivity index (χ3v) is 6.89. The van der Waals surface area contributed by atoms with E-state index in [1.165, 1.54) is 11.3 Å². The molecule has 1 aromatic heterocycles. The van der Waals surface area contributed by atoms with Gasteiger partial charge >= 0.3 is 0 Å². The first-order valence-corrected chi connectivity index (χ1v) is 11.4. The number of fused-ring (bicyclic) bond motifs is 1. The van der Waals surface area contributed by atoms with Crippen LogP contribution in [0.15, 0.2) is 72.8 Å². The maximum absolute atomic E-state index is 13.2. The average molecular weight is 466 g/mol. The van der Waals surface area contributed by atoms with Gasteiger partial charge in [0.25, 0.3) is 0 Å². The molecule has 3 aromatic carbocycles. The van der Waals surface area contributed by atoms with Gasteiger partial charge in [0.05, 0.1) is 0 Å². The van der Waals surface area contributed by atoms with Crippen molar-refractivity contribution in [2.45, 2.75) is 13.0 Å². The number of alkyl halides is 2. The predicted octanol–water partition coefficient (Wildman–Crippen LogP) is 6.33. The standard InChI is InChI=1S/C26H21F2NO3S/c27-26(28)18-14-29(15-18)13-16-6-9-20(10-7-16)32-24-21-11-8-19(30)12-22(21)33-25(24)23(31)17-4-2-1-3-5-17/h1-12,18,26,30H,13-15H2. The third-order valence-electron chi connectivity index (χ3n) is 5.76. The lowest BCUT2D eigenvalue weighted by atomic mass is 10.00. The molecule has 0 amide bonds. The summed E-state index contributed by atoms with van der Waals surface area (Å²) in [4.78, 5) is 15.7. The molecule has 4 nitrogen and oxygen atoms in total. The minimum Gasteiger partial charge on any atom is -0.508 e. The molecule has 168 valence electrons. The largest absolute Gasteiger partial charge is 0.508 e. The molecule has 33 heavy (non-hydrogen) atoms. The fourth-order valence-electron chi connectivity index (χ4n) is 3.97. The van der Waals surface area contributed by atoms with Crippen LogP contribution in [-0.2, 0) is 6.54 Å². The molecule has 1 saturated heterocycles. The normalized spacial score (nSPS) is 14.5. The zero-order valence-electron chi connectivity index (χ0n) is 17.6. The Bertz CT molecular complexity index is 1280. The van der Waals surface area contributed by atoms with Crippen molar-refractivity contribution in [1.82, 2.24) is 4.90 Å². The number of hydrogen-bond acceptors (Lipinski definition) is 5. The van der Waals surface area contributed by atoms with Gasteiger partial charge < -0.3 is 9.84 Å². The number of likely N-dealkylation sites (tertiary alicyclic amines) is 1. The molecule has 0 aliphatic carbocycles. The average Bonchev–Trinajstić information content (AvgIpc) is 3.14. The number of phenols is 1. The molecule has 5 rings (SSSR count).